The maximum Gasteiger partial charge on any atom is 0.307 e. The lowest BCUT2D eigenvalue weighted by atomic mass is 9.74. The fourth-order valence-electron chi connectivity index (χ4n) is 11.3. The highest BCUT2D eigenvalue weighted by molar-refractivity contribution is 5.92. The largest absolute Gasteiger partial charge is 0.466 e. The summed E-state index contributed by atoms with van der Waals surface area (Å²) in [5, 5.41) is 3.31. The molecule has 0 spiro atoms. The quantitative estimate of drug-likeness (QED) is 0.0474. The van der Waals surface area contributed by atoms with Crippen LogP contribution < -0.4 is 5.32 Å². The number of nitrogens with one attached hydrogen (secondary N) is 1. The Bertz CT molecular complexity index is 1300. The highest BCUT2D eigenvalue weighted by Gasteiger charge is 2.50. The van der Waals surface area contributed by atoms with Gasteiger partial charge in [0, 0.05) is 32.6 Å². The molecule has 1 aliphatic rings. The molecule has 1 rings (SSSR count). The van der Waals surface area contributed by atoms with Crippen LogP contribution in [-0.2, 0) is 28.7 Å². The van der Waals surface area contributed by atoms with E-state index in [4.69, 9.17) is 9.47 Å². The van der Waals surface area contributed by atoms with Crippen LogP contribution in [0.25, 0.3) is 0 Å². The van der Waals surface area contributed by atoms with Crippen LogP contribution in [0.5, 0.6) is 0 Å². The van der Waals surface area contributed by atoms with Crippen molar-refractivity contribution in [1.29, 1.82) is 0 Å². The smallest absolute Gasteiger partial charge is 0.307 e. The van der Waals surface area contributed by atoms with Crippen molar-refractivity contribution in [3.05, 3.63) is 0 Å². The first-order valence-electron chi connectivity index (χ1n) is 34.0. The maximum absolute atomic E-state index is 14.2. The number of unbranched alkanes of at least 4 members (excludes halogenated alkanes) is 36. The summed E-state index contributed by atoms with van der Waals surface area (Å²) < 4.78 is 11.4. The number of ether oxygens (including phenoxy) is 2. The Kier molecular flexibility index (Phi) is 51.4. The molecular formula is C67H130N4O6. The van der Waals surface area contributed by atoms with Crippen LogP contribution in [0.1, 0.15) is 336 Å². The van der Waals surface area contributed by atoms with Crippen molar-refractivity contribution in [1.82, 2.24) is 20.0 Å². The predicted molar refractivity (Wildman–Crippen MR) is 328 cm³/mol. The van der Waals surface area contributed by atoms with Gasteiger partial charge < -0.3 is 29.5 Å². The molecule has 1 saturated carbocycles. The Morgan fingerprint density at radius 3 is 1.08 bits per heavy atom. The van der Waals surface area contributed by atoms with Crippen LogP contribution in [0.2, 0.25) is 0 Å². The fraction of sp³-hybridized carbons (Fsp3) is 0.940. The lowest BCUT2D eigenvalue weighted by Gasteiger charge is -2.49. The van der Waals surface area contributed by atoms with Crippen LogP contribution in [-0.4, -0.2) is 110 Å². The lowest BCUT2D eigenvalue weighted by molar-refractivity contribution is -0.154. The van der Waals surface area contributed by atoms with E-state index in [1.807, 2.05) is 4.90 Å². The van der Waals surface area contributed by atoms with Crippen LogP contribution in [0.4, 0.5) is 0 Å². The van der Waals surface area contributed by atoms with E-state index in [-0.39, 0.29) is 23.8 Å². The van der Waals surface area contributed by atoms with Crippen molar-refractivity contribution in [2.45, 2.75) is 341 Å². The second-order valence-electron chi connectivity index (χ2n) is 24.0. The summed E-state index contributed by atoms with van der Waals surface area (Å²) in [5.74, 6) is -0.0956. The van der Waals surface area contributed by atoms with Crippen LogP contribution in [0.15, 0.2) is 0 Å². The zero-order valence-corrected chi connectivity index (χ0v) is 52.1. The number of hydrogen-bond acceptors (Lipinski definition) is 8. The zero-order valence-electron chi connectivity index (χ0n) is 52.1. The third kappa shape index (κ3) is 42.3. The average molecular weight is 1090 g/mol. The van der Waals surface area contributed by atoms with Gasteiger partial charge >= 0.3 is 11.9 Å². The number of nitrogens with zero attached hydrogens (tertiary/aromatic N) is 3. The van der Waals surface area contributed by atoms with E-state index >= 15 is 0 Å². The second-order valence-corrected chi connectivity index (χ2v) is 24.0. The van der Waals surface area contributed by atoms with Crippen LogP contribution >= 0.6 is 0 Å². The van der Waals surface area contributed by atoms with E-state index in [2.05, 4.69) is 49.9 Å². The average Bonchev–Trinajstić information content (AvgIpc) is 3.41. The number of amides is 2. The van der Waals surface area contributed by atoms with Gasteiger partial charge in [0.25, 0.3) is 0 Å². The Morgan fingerprint density at radius 1 is 0.377 bits per heavy atom. The fourth-order valence-corrected chi connectivity index (χ4v) is 11.3. The Labute approximate surface area is 478 Å². The number of rotatable bonds is 60. The third-order valence-electron chi connectivity index (χ3n) is 16.7. The normalized spacial score (nSPS) is 13.1. The maximum atomic E-state index is 14.2. The third-order valence-corrected chi connectivity index (χ3v) is 16.7. The van der Waals surface area contributed by atoms with Gasteiger partial charge in [-0.15, -0.1) is 0 Å². The van der Waals surface area contributed by atoms with Crippen molar-refractivity contribution in [2.75, 3.05) is 66.1 Å². The van der Waals surface area contributed by atoms with Crippen molar-refractivity contribution in [2.24, 2.45) is 0 Å². The minimum Gasteiger partial charge on any atom is -0.466 e. The molecule has 0 saturated heterocycles. The van der Waals surface area contributed by atoms with Gasteiger partial charge in [-0.1, -0.05) is 259 Å². The molecule has 0 aromatic rings. The summed E-state index contributed by atoms with van der Waals surface area (Å²) in [6, 6.07) is 0. The van der Waals surface area contributed by atoms with Crippen molar-refractivity contribution < 1.29 is 28.7 Å². The highest BCUT2D eigenvalue weighted by atomic mass is 16.5. The van der Waals surface area contributed by atoms with E-state index < -0.39 is 5.54 Å². The molecule has 2 amide bonds. The molecule has 0 aromatic carbocycles. The monoisotopic (exact) mass is 1090 g/mol. The molecule has 0 unspecified atom stereocenters. The number of carbonyl (C=O) groups excluding carboxylic acids is 4. The lowest BCUT2D eigenvalue weighted by Crippen LogP contribution is -2.64. The molecule has 0 aromatic heterocycles. The van der Waals surface area contributed by atoms with Gasteiger partial charge in [0.05, 0.1) is 26.1 Å². The molecule has 454 valence electrons. The number of carbonyl (C=O) groups is 4. The SMILES string of the molecule is CCCCCCCCCCCCNC(=O)C1(N(CCCN(C)CCCN(CCC(=O)OCCCCCCCCCCCC)CCC(=O)OCCCCCCCCCCCC)C(=O)CCCCCCCCCCCC)CCC1. The van der Waals surface area contributed by atoms with Crippen molar-refractivity contribution in [3.63, 3.8) is 0 Å². The molecule has 1 fully saturated rings. The predicted octanol–water partition coefficient (Wildman–Crippen LogP) is 17.8. The number of esters is 2. The van der Waals surface area contributed by atoms with Gasteiger partial charge in [-0.2, -0.15) is 0 Å². The molecule has 1 aliphatic carbocycles. The molecule has 10 heteroatoms. The van der Waals surface area contributed by atoms with Gasteiger partial charge in [-0.05, 0) is 84.5 Å². The molecule has 0 aliphatic heterocycles. The van der Waals surface area contributed by atoms with Gasteiger partial charge in [0.2, 0.25) is 11.8 Å². The summed E-state index contributed by atoms with van der Waals surface area (Å²) in [6.07, 6.45) is 55.3. The minimum atomic E-state index is -0.712. The van der Waals surface area contributed by atoms with E-state index in [0.29, 0.717) is 58.7 Å². The van der Waals surface area contributed by atoms with Gasteiger partial charge in [-0.3, -0.25) is 19.2 Å². The Morgan fingerprint density at radius 2 is 0.714 bits per heavy atom. The first-order valence-corrected chi connectivity index (χ1v) is 34.0. The Balaban J connectivity index is 2.74. The first-order chi connectivity index (χ1) is 37.7. The molecule has 0 heterocycles. The van der Waals surface area contributed by atoms with Gasteiger partial charge in [0.1, 0.15) is 5.54 Å². The highest BCUT2D eigenvalue weighted by Crippen LogP contribution is 2.39. The minimum absolute atomic E-state index is 0.0647. The number of hydrogen-bond donors (Lipinski definition) is 1. The molecule has 0 bridgehead atoms. The standard InChI is InChI=1S/C67H130N4O6/c1-6-10-14-18-22-26-30-34-38-42-49-63(72)71(67(52-46-53-67)66(75)68-54-43-39-35-31-27-23-19-15-11-7-2)58-48-56-69(5)55-47-57-70(59-50-64(73)76-61-44-40-36-32-28-24-20-16-12-8-3)60-51-65(74)77-62-45-41-37-33-29-25-21-17-13-9-4/h6-62H2,1-5H3,(H,68,75). The van der Waals surface area contributed by atoms with E-state index in [9.17, 15) is 19.2 Å². The van der Waals surface area contributed by atoms with Gasteiger partial charge in [0.15, 0.2) is 0 Å². The summed E-state index contributed by atoms with van der Waals surface area (Å²) in [5.41, 5.74) is -0.712. The molecular weight excluding hydrogens is 957 g/mol. The molecule has 0 atom stereocenters. The molecule has 0 radical (unpaired) electrons. The first kappa shape index (κ1) is 72.8. The second kappa shape index (κ2) is 54.4. The zero-order chi connectivity index (χ0) is 56.0. The van der Waals surface area contributed by atoms with Crippen molar-refractivity contribution >= 4 is 23.8 Å². The topological polar surface area (TPSA) is 108 Å². The van der Waals surface area contributed by atoms with E-state index in [0.717, 1.165) is 103 Å². The summed E-state index contributed by atoms with van der Waals surface area (Å²) >= 11 is 0. The Hall–Kier alpha value is -2.20. The van der Waals surface area contributed by atoms with E-state index in [1.54, 1.807) is 0 Å². The van der Waals surface area contributed by atoms with Gasteiger partial charge in [-0.25, -0.2) is 0 Å². The summed E-state index contributed by atoms with van der Waals surface area (Å²) in [4.78, 5) is 60.7. The molecule has 77 heavy (non-hydrogen) atoms. The van der Waals surface area contributed by atoms with E-state index in [1.165, 1.54) is 205 Å². The summed E-state index contributed by atoms with van der Waals surface area (Å²) in [6.45, 7) is 14.9. The molecule has 1 N–H and O–H groups in total. The molecule has 10 nitrogen and oxygen atoms in total. The van der Waals surface area contributed by atoms with Crippen molar-refractivity contribution in [3.8, 4) is 0 Å². The van der Waals surface area contributed by atoms with Crippen LogP contribution in [0, 0.1) is 0 Å². The van der Waals surface area contributed by atoms with Crippen LogP contribution in [0.3, 0.4) is 0 Å². The summed E-state index contributed by atoms with van der Waals surface area (Å²) in [7, 11) is 2.15.